The first-order valence-electron chi connectivity index (χ1n) is 41.6. The van der Waals surface area contributed by atoms with Crippen LogP contribution in [0.2, 0.25) is 0 Å². The standard InChI is InChI=1S/C116H76BN3/c1-10-31-77(32-11-1)82-55-62-94(63-56-82)118(95-64-57-83(58-65-95)78-33-12-2-13-34-78)96-75-109-114-110(76-96)120(116-103(86-45-24-8-25-46-86)71-93(81-39-18-5-19-40-81)72-104(116)87-47-26-9-27-48-87)108-68-61-91(97-66-59-89-51-29-53-99-98-52-28-49-88-50-30-54-100(111(88)98)113(97)112(89)99)74-106(108)117(114)105-73-90(79-35-14-3-15-36-79)60-67-107(105)119(109)115-101(84-41-20-6-21-42-84)69-92(80-37-16-4-17-38-80)70-102(115)85-43-22-7-23-44-85/h1-76H. The molecule has 21 aromatic rings. The molecule has 0 spiro atoms. The van der Waals surface area contributed by atoms with Gasteiger partial charge in [-0.15, -0.1) is 0 Å². The van der Waals surface area contributed by atoms with Crippen LogP contribution in [0.3, 0.4) is 0 Å². The number of nitrogens with zero attached hydrogens (tertiary/aromatic N) is 3. The Morgan fingerprint density at radius 1 is 0.175 bits per heavy atom. The van der Waals surface area contributed by atoms with Gasteiger partial charge in [0.2, 0.25) is 0 Å². The van der Waals surface area contributed by atoms with Crippen LogP contribution >= 0.6 is 0 Å². The summed E-state index contributed by atoms with van der Waals surface area (Å²) < 4.78 is 0. The maximum Gasteiger partial charge on any atom is 0.252 e. The molecule has 0 atom stereocenters. The van der Waals surface area contributed by atoms with Crippen molar-refractivity contribution >= 4 is 117 Å². The second-order valence-electron chi connectivity index (χ2n) is 31.7. The summed E-state index contributed by atoms with van der Waals surface area (Å²) in [5, 5.41) is 10.1. The number of benzene rings is 21. The summed E-state index contributed by atoms with van der Waals surface area (Å²) in [6.45, 7) is -0.377. The summed E-state index contributed by atoms with van der Waals surface area (Å²) in [4.78, 5) is 7.93. The lowest BCUT2D eigenvalue weighted by Crippen LogP contribution is -2.61. The topological polar surface area (TPSA) is 9.72 Å². The molecule has 0 fully saturated rings. The van der Waals surface area contributed by atoms with E-state index in [-0.39, 0.29) is 6.71 Å². The second kappa shape index (κ2) is 29.3. The summed E-state index contributed by atoms with van der Waals surface area (Å²) in [5.74, 6) is 0. The first kappa shape index (κ1) is 69.8. The molecule has 3 nitrogen and oxygen atoms in total. The Morgan fingerprint density at radius 2 is 0.483 bits per heavy atom. The highest BCUT2D eigenvalue weighted by Crippen LogP contribution is 2.57. The molecule has 0 radical (unpaired) electrons. The van der Waals surface area contributed by atoms with Gasteiger partial charge in [0.15, 0.2) is 0 Å². The molecule has 2 aliphatic heterocycles. The monoisotopic (exact) mass is 1520 g/mol. The van der Waals surface area contributed by atoms with E-state index in [2.05, 4.69) is 476 Å². The summed E-state index contributed by atoms with van der Waals surface area (Å²) in [6, 6.07) is 173. The minimum absolute atomic E-state index is 0.377. The zero-order valence-corrected chi connectivity index (χ0v) is 65.8. The maximum atomic E-state index is 2.71. The molecule has 0 aliphatic carbocycles. The Morgan fingerprint density at radius 3 is 0.875 bits per heavy atom. The molecule has 0 N–H and O–H groups in total. The van der Waals surface area contributed by atoms with Gasteiger partial charge < -0.3 is 14.7 Å². The predicted molar refractivity (Wildman–Crippen MR) is 511 cm³/mol. The molecule has 4 heteroatoms. The Balaban J connectivity index is 0.907. The smallest absolute Gasteiger partial charge is 0.252 e. The lowest BCUT2D eigenvalue weighted by Gasteiger charge is -2.46. The first-order valence-corrected chi connectivity index (χ1v) is 41.6. The van der Waals surface area contributed by atoms with Crippen molar-refractivity contribution in [2.24, 2.45) is 0 Å². The van der Waals surface area contributed by atoms with E-state index in [1.807, 2.05) is 0 Å². The molecule has 0 unspecified atom stereocenters. The Kier molecular flexibility index (Phi) is 17.0. The third kappa shape index (κ3) is 11.9. The van der Waals surface area contributed by atoms with Crippen molar-refractivity contribution in [3.63, 3.8) is 0 Å². The van der Waals surface area contributed by atoms with E-state index >= 15 is 0 Å². The van der Waals surface area contributed by atoms with Gasteiger partial charge in [-0.25, -0.2) is 0 Å². The fourth-order valence-corrected chi connectivity index (χ4v) is 19.5. The van der Waals surface area contributed by atoms with Crippen LogP contribution < -0.4 is 31.1 Å². The summed E-state index contributed by atoms with van der Waals surface area (Å²) in [7, 11) is 0. The minimum Gasteiger partial charge on any atom is -0.310 e. The quantitative estimate of drug-likeness (QED) is 0.0575. The third-order valence-corrected chi connectivity index (χ3v) is 24.9. The van der Waals surface area contributed by atoms with Crippen molar-refractivity contribution in [1.82, 2.24) is 0 Å². The fourth-order valence-electron chi connectivity index (χ4n) is 19.5. The molecular formula is C116H76BN3. The van der Waals surface area contributed by atoms with Gasteiger partial charge >= 0.3 is 0 Å². The zero-order chi connectivity index (χ0) is 79.1. The van der Waals surface area contributed by atoms with E-state index < -0.39 is 0 Å². The van der Waals surface area contributed by atoms with Crippen LogP contribution in [0.25, 0.3) is 154 Å². The number of hydrogen-bond donors (Lipinski definition) is 0. The van der Waals surface area contributed by atoms with Gasteiger partial charge in [0.25, 0.3) is 6.71 Å². The van der Waals surface area contributed by atoms with Gasteiger partial charge in [0.1, 0.15) is 0 Å². The van der Waals surface area contributed by atoms with Crippen LogP contribution in [0.1, 0.15) is 0 Å². The van der Waals surface area contributed by atoms with Crippen molar-refractivity contribution in [1.29, 1.82) is 0 Å². The van der Waals surface area contributed by atoms with Crippen molar-refractivity contribution in [3.8, 4) is 111 Å². The van der Waals surface area contributed by atoms with Crippen LogP contribution in [0.4, 0.5) is 51.2 Å². The fraction of sp³-hybridized carbons (Fsp3) is 0. The average molecular weight is 1520 g/mol. The van der Waals surface area contributed by atoms with Crippen molar-refractivity contribution < 1.29 is 0 Å². The molecule has 0 saturated carbocycles. The minimum atomic E-state index is -0.377. The van der Waals surface area contributed by atoms with Gasteiger partial charge in [-0.3, -0.25) is 0 Å². The van der Waals surface area contributed by atoms with Gasteiger partial charge in [-0.1, -0.05) is 388 Å². The van der Waals surface area contributed by atoms with Gasteiger partial charge in [0, 0.05) is 56.4 Å². The van der Waals surface area contributed by atoms with Crippen LogP contribution in [-0.2, 0) is 0 Å². The molecule has 2 aliphatic rings. The molecule has 23 rings (SSSR count). The number of rotatable bonds is 15. The number of hydrogen-bond acceptors (Lipinski definition) is 3. The molecule has 0 aromatic heterocycles. The summed E-state index contributed by atoms with van der Waals surface area (Å²) in [6.07, 6.45) is 0. The Hall–Kier alpha value is -15.6. The molecule has 0 bridgehead atoms. The molecule has 2 heterocycles. The largest absolute Gasteiger partial charge is 0.310 e. The molecular weight excluding hydrogens is 1450 g/mol. The van der Waals surface area contributed by atoms with Crippen LogP contribution in [-0.4, -0.2) is 6.71 Å². The maximum absolute atomic E-state index is 2.71. The van der Waals surface area contributed by atoms with Crippen molar-refractivity contribution in [2.45, 2.75) is 0 Å². The van der Waals surface area contributed by atoms with Crippen LogP contribution in [0, 0.1) is 0 Å². The predicted octanol–water partition coefficient (Wildman–Crippen LogP) is 30.0. The highest BCUT2D eigenvalue weighted by atomic mass is 15.2. The van der Waals surface area contributed by atoms with Gasteiger partial charge in [-0.05, 0) is 221 Å². The molecule has 0 saturated heterocycles. The molecule has 21 aromatic carbocycles. The number of fused-ring (bicyclic) bond motifs is 6. The lowest BCUT2D eigenvalue weighted by atomic mass is 9.33. The van der Waals surface area contributed by atoms with E-state index in [4.69, 9.17) is 0 Å². The van der Waals surface area contributed by atoms with Crippen LogP contribution in [0.15, 0.2) is 461 Å². The molecule has 558 valence electrons. The normalized spacial score (nSPS) is 12.1. The zero-order valence-electron chi connectivity index (χ0n) is 65.8. The molecule has 120 heavy (non-hydrogen) atoms. The SMILES string of the molecule is c1ccc(-c2ccc(N(c3ccc(-c4ccccc4)cc3)c3cc4c5c(c3)N(c3c(-c6ccccc6)cc(-c6ccccc6)cc3-c3ccccc3)c3ccc(-c6ccc7cccc8c9cccc%10cccc(c6c78)c%109)cc3B5c3cc(-c5ccccc5)ccc3N4c3c(-c4ccccc4)cc(-c4ccccc4)cc3-c3ccccc3)cc2)cc1. The van der Waals surface area contributed by atoms with E-state index in [1.165, 1.54) is 65.0 Å². The van der Waals surface area contributed by atoms with Gasteiger partial charge in [-0.2, -0.15) is 0 Å². The van der Waals surface area contributed by atoms with E-state index in [0.717, 1.165) is 157 Å². The van der Waals surface area contributed by atoms with E-state index in [9.17, 15) is 0 Å². The Labute approximate surface area is 699 Å². The van der Waals surface area contributed by atoms with Crippen molar-refractivity contribution in [3.05, 3.63) is 461 Å². The van der Waals surface area contributed by atoms with Crippen LogP contribution in [0.5, 0.6) is 0 Å². The second-order valence-corrected chi connectivity index (χ2v) is 31.7. The summed E-state index contributed by atoms with van der Waals surface area (Å²) in [5.41, 5.74) is 35.5. The average Bonchev–Trinajstić information content (AvgIpc) is 0.681. The van der Waals surface area contributed by atoms with E-state index in [0.29, 0.717) is 0 Å². The summed E-state index contributed by atoms with van der Waals surface area (Å²) >= 11 is 0. The van der Waals surface area contributed by atoms with Crippen molar-refractivity contribution in [2.75, 3.05) is 14.7 Å². The highest BCUT2D eigenvalue weighted by molar-refractivity contribution is 7.00. The number of anilines is 9. The van der Waals surface area contributed by atoms with E-state index in [1.54, 1.807) is 0 Å². The molecule has 0 amide bonds. The lowest BCUT2D eigenvalue weighted by molar-refractivity contribution is 1.23. The highest BCUT2D eigenvalue weighted by Gasteiger charge is 2.46. The first-order chi connectivity index (χ1) is 59.5. The van der Waals surface area contributed by atoms with Gasteiger partial charge in [0.05, 0.1) is 17.1 Å². The Bertz CT molecular complexity index is 7230. The third-order valence-electron chi connectivity index (χ3n) is 24.9.